The molecular weight excluding hydrogens is 341 g/mol. The number of fused-ring (bicyclic) bond motifs is 1. The molecule has 7 heteroatoms. The number of alkyl halides is 2. The number of aliphatic imine (C=N–C) groups is 1. The van der Waals surface area contributed by atoms with Crippen molar-refractivity contribution >= 4 is 33.2 Å². The molecule has 3 rings (SSSR count). The summed E-state index contributed by atoms with van der Waals surface area (Å²) in [6.07, 6.45) is -0.817. The fourth-order valence-electron chi connectivity index (χ4n) is 2.64. The van der Waals surface area contributed by atoms with Gasteiger partial charge in [-0.25, -0.2) is 13.8 Å². The molecule has 1 aliphatic heterocycles. The monoisotopic (exact) mass is 349 g/mol. The standard InChI is InChI=1S/C12H9BrF3N2S/c1-11(7-2-6(13)4-17-9(7)14)8-3-12(8,10(15)16)19-5-18-11/h2,4,8,10H,3H2,1H3/t8-,11+,12-/m0/s1. The maximum atomic E-state index is 13.9. The molecule has 0 spiro atoms. The molecule has 1 aliphatic carbocycles. The second-order valence-electron chi connectivity index (χ2n) is 4.96. The molecule has 1 aromatic heterocycles. The van der Waals surface area contributed by atoms with Gasteiger partial charge in [0.25, 0.3) is 6.43 Å². The van der Waals surface area contributed by atoms with Crippen LogP contribution in [0, 0.1) is 11.9 Å². The van der Waals surface area contributed by atoms with Crippen LogP contribution in [0.15, 0.2) is 21.7 Å². The number of aromatic nitrogens is 1. The van der Waals surface area contributed by atoms with Crippen molar-refractivity contribution in [3.63, 3.8) is 0 Å². The van der Waals surface area contributed by atoms with E-state index in [1.54, 1.807) is 13.0 Å². The Morgan fingerprint density at radius 2 is 2.32 bits per heavy atom. The fourth-order valence-corrected chi connectivity index (χ4v) is 4.09. The van der Waals surface area contributed by atoms with Gasteiger partial charge in [-0.05, 0) is 35.3 Å². The zero-order valence-corrected chi connectivity index (χ0v) is 12.2. The highest BCUT2D eigenvalue weighted by atomic mass is 79.9. The predicted octanol–water partition coefficient (Wildman–Crippen LogP) is 3.87. The van der Waals surface area contributed by atoms with E-state index in [4.69, 9.17) is 0 Å². The van der Waals surface area contributed by atoms with Gasteiger partial charge in [0.15, 0.2) is 0 Å². The van der Waals surface area contributed by atoms with Gasteiger partial charge in [-0.15, -0.1) is 0 Å². The van der Waals surface area contributed by atoms with Crippen LogP contribution in [0.5, 0.6) is 0 Å². The number of rotatable bonds is 2. The van der Waals surface area contributed by atoms with E-state index in [2.05, 4.69) is 31.5 Å². The highest BCUT2D eigenvalue weighted by molar-refractivity contribution is 9.10. The van der Waals surface area contributed by atoms with Crippen molar-refractivity contribution in [2.45, 2.75) is 30.1 Å². The van der Waals surface area contributed by atoms with Gasteiger partial charge < -0.3 is 0 Å². The Labute approximate surface area is 121 Å². The van der Waals surface area contributed by atoms with E-state index in [-0.39, 0.29) is 5.56 Å². The third-order valence-corrected chi connectivity index (χ3v) is 5.49. The van der Waals surface area contributed by atoms with E-state index >= 15 is 0 Å². The lowest BCUT2D eigenvalue weighted by molar-refractivity contribution is 0.124. The molecule has 3 atom stereocenters. The van der Waals surface area contributed by atoms with Gasteiger partial charge in [0.2, 0.25) is 5.95 Å². The van der Waals surface area contributed by atoms with Crippen molar-refractivity contribution in [2.75, 3.05) is 0 Å². The van der Waals surface area contributed by atoms with E-state index in [0.29, 0.717) is 10.9 Å². The van der Waals surface area contributed by atoms with Crippen molar-refractivity contribution in [3.05, 3.63) is 28.2 Å². The number of hydrogen-bond acceptors (Lipinski definition) is 3. The van der Waals surface area contributed by atoms with Gasteiger partial charge in [0.05, 0.1) is 10.3 Å². The average molecular weight is 350 g/mol. The molecule has 0 saturated heterocycles. The molecule has 1 saturated carbocycles. The minimum Gasteiger partial charge on any atom is -0.264 e. The molecule has 0 bridgehead atoms. The molecule has 101 valence electrons. The van der Waals surface area contributed by atoms with Gasteiger partial charge in [0, 0.05) is 22.2 Å². The summed E-state index contributed by atoms with van der Waals surface area (Å²) >= 11 is 4.15. The molecule has 0 N–H and O–H groups in total. The van der Waals surface area contributed by atoms with Crippen LogP contribution in [0.25, 0.3) is 0 Å². The Balaban J connectivity index is 2.07. The van der Waals surface area contributed by atoms with Crippen LogP contribution in [0.1, 0.15) is 18.9 Å². The van der Waals surface area contributed by atoms with Gasteiger partial charge in [-0.2, -0.15) is 4.39 Å². The number of hydrogen-bond donors (Lipinski definition) is 0. The third-order valence-electron chi connectivity index (χ3n) is 3.87. The van der Waals surface area contributed by atoms with Crippen LogP contribution in [0.4, 0.5) is 13.2 Å². The summed E-state index contributed by atoms with van der Waals surface area (Å²) in [7, 11) is 0. The van der Waals surface area contributed by atoms with Crippen LogP contribution in [-0.2, 0) is 5.54 Å². The molecule has 2 nitrogen and oxygen atoms in total. The average Bonchev–Trinajstić information content (AvgIpc) is 3.10. The zero-order valence-electron chi connectivity index (χ0n) is 9.83. The first-order valence-corrected chi connectivity index (χ1v) is 7.26. The molecule has 1 aromatic rings. The second-order valence-corrected chi connectivity index (χ2v) is 7.02. The lowest BCUT2D eigenvalue weighted by Gasteiger charge is -2.31. The Kier molecular flexibility index (Phi) is 2.98. The quantitative estimate of drug-likeness (QED) is 0.757. The number of nitrogens with zero attached hydrogens (tertiary/aromatic N) is 2. The first kappa shape index (κ1) is 13.4. The SMILES string of the molecule is C[C@]1(c2cc(Br)cnc2F)N=[C]S[C@@]2(C(F)F)C[C@@H]12. The van der Waals surface area contributed by atoms with Crippen molar-refractivity contribution in [1.29, 1.82) is 0 Å². The summed E-state index contributed by atoms with van der Waals surface area (Å²) in [5.41, 5.74) is 1.80. The fraction of sp³-hybridized carbons (Fsp3) is 0.500. The van der Waals surface area contributed by atoms with E-state index in [1.165, 1.54) is 6.20 Å². The smallest absolute Gasteiger partial charge is 0.253 e. The minimum atomic E-state index is -2.46. The Bertz CT molecular complexity index is 568. The van der Waals surface area contributed by atoms with E-state index < -0.39 is 28.6 Å². The molecular formula is C12H9BrF3N2S. The highest BCUT2D eigenvalue weighted by Gasteiger charge is 2.70. The van der Waals surface area contributed by atoms with Crippen molar-refractivity contribution in [2.24, 2.45) is 10.9 Å². The third kappa shape index (κ3) is 1.85. The molecule has 1 fully saturated rings. The summed E-state index contributed by atoms with van der Waals surface area (Å²) in [5.74, 6) is -1.06. The Hall–Kier alpha value is -0.560. The number of halogens is 4. The van der Waals surface area contributed by atoms with Crippen molar-refractivity contribution in [3.8, 4) is 0 Å². The summed E-state index contributed by atoms with van der Waals surface area (Å²) in [4.78, 5) is 7.79. The van der Waals surface area contributed by atoms with Crippen LogP contribution in [0.3, 0.4) is 0 Å². The topological polar surface area (TPSA) is 25.2 Å². The van der Waals surface area contributed by atoms with E-state index in [9.17, 15) is 13.2 Å². The lowest BCUT2D eigenvalue weighted by atomic mass is 9.87. The normalized spacial score (nSPS) is 36.4. The largest absolute Gasteiger partial charge is 0.264 e. The molecule has 2 aliphatic rings. The Morgan fingerprint density at radius 3 is 3.00 bits per heavy atom. The molecule has 1 radical (unpaired) electrons. The molecule has 19 heavy (non-hydrogen) atoms. The van der Waals surface area contributed by atoms with Gasteiger partial charge in [-0.3, -0.25) is 4.99 Å². The highest BCUT2D eigenvalue weighted by Crippen LogP contribution is 2.67. The van der Waals surface area contributed by atoms with Crippen LogP contribution in [-0.4, -0.2) is 21.7 Å². The lowest BCUT2D eigenvalue weighted by Crippen LogP contribution is -2.34. The van der Waals surface area contributed by atoms with Crippen LogP contribution in [0.2, 0.25) is 0 Å². The summed E-state index contributed by atoms with van der Waals surface area (Å²) in [5, 5.41) is 0. The van der Waals surface area contributed by atoms with Gasteiger partial charge >= 0.3 is 0 Å². The van der Waals surface area contributed by atoms with Crippen molar-refractivity contribution < 1.29 is 13.2 Å². The summed E-state index contributed by atoms with van der Waals surface area (Å²) < 4.78 is 39.7. The van der Waals surface area contributed by atoms with Crippen molar-refractivity contribution in [1.82, 2.24) is 4.98 Å². The molecule has 0 aromatic carbocycles. The summed E-state index contributed by atoms with van der Waals surface area (Å²) in [6, 6.07) is 1.55. The maximum absolute atomic E-state index is 13.9. The Morgan fingerprint density at radius 1 is 1.58 bits per heavy atom. The second kappa shape index (κ2) is 4.22. The summed E-state index contributed by atoms with van der Waals surface area (Å²) in [6.45, 7) is 1.67. The van der Waals surface area contributed by atoms with Gasteiger partial charge in [0.1, 0.15) is 5.55 Å². The molecule has 2 heterocycles. The number of pyridine rings is 1. The molecule has 0 unspecified atom stereocenters. The van der Waals surface area contributed by atoms with Gasteiger partial charge in [-0.1, -0.05) is 11.8 Å². The first-order valence-electron chi connectivity index (χ1n) is 5.65. The van der Waals surface area contributed by atoms with E-state index in [0.717, 1.165) is 11.8 Å². The predicted molar refractivity (Wildman–Crippen MR) is 71.1 cm³/mol. The van der Waals surface area contributed by atoms with E-state index in [1.807, 2.05) is 0 Å². The minimum absolute atomic E-state index is 0.238. The first-order chi connectivity index (χ1) is 8.90. The molecule has 0 amide bonds. The van der Waals surface area contributed by atoms with Crippen LogP contribution >= 0.6 is 27.7 Å². The number of thioether (sulfide) groups is 1. The zero-order chi connectivity index (χ0) is 13.8. The maximum Gasteiger partial charge on any atom is 0.253 e. The van der Waals surface area contributed by atoms with Crippen LogP contribution < -0.4 is 0 Å².